The van der Waals surface area contributed by atoms with Crippen LogP contribution in [0, 0.1) is 0 Å². The van der Waals surface area contributed by atoms with Crippen LogP contribution in [0.15, 0.2) is 42.5 Å². The van der Waals surface area contributed by atoms with Crippen molar-refractivity contribution in [2.75, 3.05) is 6.54 Å². The summed E-state index contributed by atoms with van der Waals surface area (Å²) in [5, 5.41) is 14.4. The number of aliphatic hydroxyl groups is 1. The predicted molar refractivity (Wildman–Crippen MR) is 188 cm³/mol. The molecule has 1 heterocycles. The van der Waals surface area contributed by atoms with Gasteiger partial charge in [0.2, 0.25) is 12.6 Å². The van der Waals surface area contributed by atoms with E-state index >= 15 is 0 Å². The number of aliphatic hydroxyl groups excluding tert-OH is 1. The molecule has 3 aliphatic rings. The number of rotatable bonds is 14. The average Bonchev–Trinajstić information content (AvgIpc) is 3.52. The Labute approximate surface area is 313 Å². The van der Waals surface area contributed by atoms with Crippen LogP contribution in [0.25, 0.3) is 0 Å². The molecule has 53 heavy (non-hydrogen) atoms. The molecule has 2 saturated carbocycles. The summed E-state index contributed by atoms with van der Waals surface area (Å²) < 4.78 is 43.3. The van der Waals surface area contributed by atoms with Crippen molar-refractivity contribution < 1.29 is 62.2 Å². The van der Waals surface area contributed by atoms with Crippen LogP contribution in [-0.2, 0) is 44.4 Å². The summed E-state index contributed by atoms with van der Waals surface area (Å²) in [7, 11) is 0. The Morgan fingerprint density at radius 2 is 1.32 bits per heavy atom. The third-order valence-corrected chi connectivity index (χ3v) is 9.42. The molecule has 0 spiro atoms. The highest BCUT2D eigenvalue weighted by atomic mass is 35.5. The number of hydrogen-bond donors (Lipinski definition) is 2. The monoisotopic (exact) mass is 761 g/mol. The first-order chi connectivity index (χ1) is 25.4. The maximum atomic E-state index is 13.7. The number of halogens is 1. The molecule has 0 aromatic heterocycles. The second kappa shape index (κ2) is 18.7. The number of nitrogens with one attached hydrogen (secondary N) is 1. The number of carbonyl (C=O) groups is 4. The molecular formula is C38H48ClNO13. The van der Waals surface area contributed by atoms with Crippen molar-refractivity contribution in [2.24, 2.45) is 0 Å². The van der Waals surface area contributed by atoms with Gasteiger partial charge < -0.3 is 48.3 Å². The third-order valence-electron chi connectivity index (χ3n) is 9.19. The van der Waals surface area contributed by atoms with Gasteiger partial charge in [-0.1, -0.05) is 42.6 Å². The number of esters is 2. The van der Waals surface area contributed by atoms with E-state index in [1.807, 2.05) is 6.92 Å². The van der Waals surface area contributed by atoms with E-state index in [9.17, 15) is 24.3 Å². The maximum absolute atomic E-state index is 13.7. The number of carbonyl (C=O) groups excluding carboxylic acids is 4. The van der Waals surface area contributed by atoms with Crippen LogP contribution in [0.1, 0.15) is 102 Å². The average molecular weight is 762 g/mol. The first-order valence-corrected chi connectivity index (χ1v) is 18.6. The molecular weight excluding hydrogens is 714 g/mol. The number of hydrogen-bond acceptors (Lipinski definition) is 14. The van der Waals surface area contributed by atoms with Gasteiger partial charge in [-0.3, -0.25) is 0 Å². The molecule has 3 unspecified atom stereocenters. The van der Waals surface area contributed by atoms with Crippen molar-refractivity contribution in [3.63, 3.8) is 0 Å². The minimum absolute atomic E-state index is 0.0233. The topological polar surface area (TPSA) is 174 Å². The van der Waals surface area contributed by atoms with E-state index in [2.05, 4.69) is 5.32 Å². The summed E-state index contributed by atoms with van der Waals surface area (Å²) in [6.07, 6.45) is 2.60. The summed E-state index contributed by atoms with van der Waals surface area (Å²) in [5.74, 6) is -5.57. The van der Waals surface area contributed by atoms with Gasteiger partial charge in [-0.15, -0.1) is 0 Å². The van der Waals surface area contributed by atoms with Crippen molar-refractivity contribution >= 4 is 35.9 Å². The molecule has 14 nitrogen and oxygen atoms in total. The Hall–Kier alpha value is -4.27. The zero-order chi connectivity index (χ0) is 38.0. The van der Waals surface area contributed by atoms with Crippen LogP contribution in [0.2, 0.25) is 5.02 Å². The first-order valence-electron chi connectivity index (χ1n) is 18.2. The normalized spacial score (nSPS) is 21.0. The lowest BCUT2D eigenvalue weighted by atomic mass is 9.98. The van der Waals surface area contributed by atoms with Crippen molar-refractivity contribution in [3.05, 3.63) is 58.6 Å². The molecule has 0 amide bonds. The molecule has 0 saturated heterocycles. The van der Waals surface area contributed by atoms with Crippen LogP contribution in [-0.4, -0.2) is 72.5 Å². The van der Waals surface area contributed by atoms with Gasteiger partial charge in [-0.2, -0.15) is 0 Å². The van der Waals surface area contributed by atoms with Crippen molar-refractivity contribution in [1.82, 2.24) is 5.32 Å². The van der Waals surface area contributed by atoms with Crippen LogP contribution < -0.4 is 14.8 Å². The van der Waals surface area contributed by atoms with E-state index in [0.29, 0.717) is 42.7 Å². The first kappa shape index (κ1) is 39.9. The molecule has 2 aromatic rings. The molecule has 0 radical (unpaired) electrons. The van der Waals surface area contributed by atoms with Gasteiger partial charge in [0.05, 0.1) is 6.10 Å². The van der Waals surface area contributed by atoms with E-state index in [4.69, 9.17) is 49.5 Å². The second-order valence-corrected chi connectivity index (χ2v) is 14.1. The molecule has 2 fully saturated rings. The minimum atomic E-state index is -2.85. The largest absolute Gasteiger partial charge is 0.511 e. The summed E-state index contributed by atoms with van der Waals surface area (Å²) in [5.41, 5.74) is 1.42. The number of benzene rings is 2. The molecule has 2 N–H and O–H groups in total. The Kier molecular flexibility index (Phi) is 14.1. The van der Waals surface area contributed by atoms with E-state index in [1.165, 1.54) is 19.9 Å². The lowest BCUT2D eigenvalue weighted by molar-refractivity contribution is -0.224. The smallest absolute Gasteiger partial charge is 0.431 e. The van der Waals surface area contributed by atoms with Crippen LogP contribution >= 0.6 is 11.6 Å². The zero-order valence-electron chi connectivity index (χ0n) is 30.2. The Balaban J connectivity index is 1.23. The van der Waals surface area contributed by atoms with E-state index < -0.39 is 48.7 Å². The Morgan fingerprint density at radius 3 is 1.87 bits per heavy atom. The van der Waals surface area contributed by atoms with E-state index in [1.54, 1.807) is 36.4 Å². The van der Waals surface area contributed by atoms with E-state index in [-0.39, 0.29) is 36.3 Å². The van der Waals surface area contributed by atoms with Crippen molar-refractivity contribution in [1.29, 1.82) is 0 Å². The highest BCUT2D eigenvalue weighted by Crippen LogP contribution is 2.42. The van der Waals surface area contributed by atoms with Crippen molar-refractivity contribution in [2.45, 2.75) is 134 Å². The lowest BCUT2D eigenvalue weighted by Gasteiger charge is -2.27. The fraction of sp³-hybridized carbons (Fsp3) is 0.579. The quantitative estimate of drug-likeness (QED) is 0.0889. The highest BCUT2D eigenvalue weighted by Gasteiger charge is 2.61. The zero-order valence-corrected chi connectivity index (χ0v) is 31.0. The predicted octanol–water partition coefficient (Wildman–Crippen LogP) is 6.81. The molecule has 2 aliphatic carbocycles. The van der Waals surface area contributed by atoms with Crippen LogP contribution in [0.4, 0.5) is 9.59 Å². The fourth-order valence-electron chi connectivity index (χ4n) is 6.46. The number of fused-ring (bicyclic) bond motifs is 1. The third kappa shape index (κ3) is 11.4. The SMILES string of the molecule is CC(OC(=O)OC1CCCCC1)OC(=O)C1(C(=O)OC(C)OC(=O)OC2CCCCC2)Oc2ccc(C[C@@H](C)NCC(O)c3cccc(Cl)c3)cc2O1. The van der Waals surface area contributed by atoms with Crippen LogP contribution in [0.3, 0.4) is 0 Å². The summed E-state index contributed by atoms with van der Waals surface area (Å²) in [6, 6.07) is 11.7. The van der Waals surface area contributed by atoms with Gasteiger partial charge in [-0.05, 0) is 100 Å². The lowest BCUT2D eigenvalue weighted by Crippen LogP contribution is -2.57. The van der Waals surface area contributed by atoms with Crippen molar-refractivity contribution in [3.8, 4) is 11.5 Å². The molecule has 15 heteroatoms. The van der Waals surface area contributed by atoms with Gasteiger partial charge in [0.15, 0.2) is 11.5 Å². The highest BCUT2D eigenvalue weighted by molar-refractivity contribution is 6.30. The standard InChI is InChI=1S/C38H48ClNO13/c1-23(40-22-31(41)27-11-10-12-28(39)21-27)19-26-17-18-32-33(20-26)53-38(52-32,34(42)46-24(2)48-36(44)50-29-13-6-4-7-14-29)35(43)47-25(3)49-37(45)51-30-15-8-5-9-16-30/h10-12,17-18,20-21,23-25,29-31,40-41H,4-9,13-16,19,22H2,1-3H3/t23-,24?,25?,31?,38?/m1/s1. The van der Waals surface area contributed by atoms with E-state index in [0.717, 1.165) is 44.1 Å². The Bertz CT molecular complexity index is 1520. The maximum Gasteiger partial charge on any atom is 0.511 e. The van der Waals surface area contributed by atoms with Crippen LogP contribution in [0.5, 0.6) is 11.5 Å². The molecule has 2 aromatic carbocycles. The van der Waals surface area contributed by atoms with Gasteiger partial charge in [0.25, 0.3) is 0 Å². The molecule has 5 rings (SSSR count). The van der Waals surface area contributed by atoms with Gasteiger partial charge in [-0.25, -0.2) is 19.2 Å². The summed E-state index contributed by atoms with van der Waals surface area (Å²) >= 11 is 6.06. The minimum Gasteiger partial charge on any atom is -0.431 e. The summed E-state index contributed by atoms with van der Waals surface area (Å²) in [6.45, 7) is 4.72. The van der Waals surface area contributed by atoms with Gasteiger partial charge in [0.1, 0.15) is 12.2 Å². The second-order valence-electron chi connectivity index (χ2n) is 13.6. The molecule has 1 aliphatic heterocycles. The molecule has 0 bridgehead atoms. The fourth-order valence-corrected chi connectivity index (χ4v) is 6.66. The number of ether oxygens (including phenoxy) is 8. The summed E-state index contributed by atoms with van der Waals surface area (Å²) in [4.78, 5) is 52.2. The van der Waals surface area contributed by atoms with Gasteiger partial charge in [0, 0.05) is 31.5 Å². The Morgan fingerprint density at radius 1 is 0.774 bits per heavy atom. The van der Waals surface area contributed by atoms with Gasteiger partial charge >= 0.3 is 30.0 Å². The molecule has 4 atom stereocenters. The molecule has 290 valence electrons.